The monoisotopic (exact) mass is 599 g/mol. The van der Waals surface area contributed by atoms with E-state index in [1.54, 1.807) is 30.3 Å². The summed E-state index contributed by atoms with van der Waals surface area (Å²) < 4.78 is 73.7. The second-order valence-electron chi connectivity index (χ2n) is 10.00. The summed E-state index contributed by atoms with van der Waals surface area (Å²) in [6.07, 6.45) is 0.0896. The molecule has 0 spiro atoms. The van der Waals surface area contributed by atoms with Crippen molar-refractivity contribution in [1.29, 1.82) is 0 Å². The summed E-state index contributed by atoms with van der Waals surface area (Å²) in [7, 11) is -2.55. The van der Waals surface area contributed by atoms with Gasteiger partial charge in [0.1, 0.15) is 30.0 Å². The first kappa shape index (κ1) is 29.2. The number of hydrogen-bond acceptors (Lipinski definition) is 5. The van der Waals surface area contributed by atoms with Crippen LogP contribution in [0.25, 0.3) is 33.4 Å². The minimum Gasteiger partial charge on any atom is -0.455 e. The van der Waals surface area contributed by atoms with Gasteiger partial charge in [0, 0.05) is 41.7 Å². The lowest BCUT2D eigenvalue weighted by Gasteiger charge is -2.24. The molecule has 0 aliphatic carbocycles. The molecule has 1 aliphatic rings. The quantitative estimate of drug-likeness (QED) is 0.301. The van der Waals surface area contributed by atoms with Crippen molar-refractivity contribution in [2.24, 2.45) is 0 Å². The maximum Gasteiger partial charge on any atom is 0.255 e. The summed E-state index contributed by atoms with van der Waals surface area (Å²) >= 11 is 0. The highest BCUT2D eigenvalue weighted by Gasteiger charge is 2.29. The molecule has 1 aliphatic heterocycles. The van der Waals surface area contributed by atoms with Crippen molar-refractivity contribution in [1.82, 2.24) is 10.2 Å². The Bertz CT molecular complexity index is 1770. The molecule has 8 nitrogen and oxygen atoms in total. The number of anilines is 1. The van der Waals surface area contributed by atoms with Crippen molar-refractivity contribution in [2.45, 2.75) is 12.6 Å². The average molecular weight is 600 g/mol. The third-order valence-corrected chi connectivity index (χ3v) is 8.34. The van der Waals surface area contributed by atoms with E-state index in [2.05, 4.69) is 5.32 Å². The molecule has 3 aromatic carbocycles. The molecule has 1 atom stereocenters. The van der Waals surface area contributed by atoms with Crippen molar-refractivity contribution in [2.75, 3.05) is 43.9 Å². The number of rotatable bonds is 8. The lowest BCUT2D eigenvalue weighted by molar-refractivity contribution is 0.0782. The van der Waals surface area contributed by atoms with Crippen LogP contribution in [0, 0.1) is 5.82 Å². The van der Waals surface area contributed by atoms with Gasteiger partial charge in [0.05, 0.1) is 30.6 Å². The molecule has 0 radical (unpaired) electrons. The van der Waals surface area contributed by atoms with Crippen LogP contribution in [0.15, 0.2) is 65.1 Å². The van der Waals surface area contributed by atoms with Gasteiger partial charge in [-0.2, -0.15) is 0 Å². The lowest BCUT2D eigenvalue weighted by Crippen LogP contribution is -2.32. The van der Waals surface area contributed by atoms with Crippen molar-refractivity contribution >= 4 is 38.5 Å². The van der Waals surface area contributed by atoms with E-state index in [1.165, 1.54) is 42.3 Å². The number of carbonyl (C=O) groups is 2. The molecule has 220 valence electrons. The number of likely N-dealkylation sites (tertiary alicyclic amines) is 1. The molecular formula is C30H28F3N3O5S. The van der Waals surface area contributed by atoms with Gasteiger partial charge in [0.25, 0.3) is 11.8 Å². The summed E-state index contributed by atoms with van der Waals surface area (Å²) in [5.41, 5.74) is 1.70. The van der Waals surface area contributed by atoms with Gasteiger partial charge in [0.2, 0.25) is 10.0 Å². The number of sulfonamides is 1. The number of alkyl halides is 2. The molecule has 4 aromatic rings. The second-order valence-corrected chi connectivity index (χ2v) is 11.9. The Labute approximate surface area is 240 Å². The second kappa shape index (κ2) is 11.5. The van der Waals surface area contributed by atoms with Crippen LogP contribution in [-0.4, -0.2) is 70.9 Å². The number of nitrogens with one attached hydrogen (secondary N) is 1. The van der Waals surface area contributed by atoms with Crippen molar-refractivity contribution in [3.8, 4) is 22.5 Å². The number of carbonyl (C=O) groups excluding carboxylic acids is 2. The molecule has 0 unspecified atom stereocenters. The molecule has 1 aromatic heterocycles. The topological polar surface area (TPSA) is 99.9 Å². The van der Waals surface area contributed by atoms with Crippen LogP contribution < -0.4 is 9.62 Å². The van der Waals surface area contributed by atoms with Gasteiger partial charge in [-0.3, -0.25) is 13.9 Å². The van der Waals surface area contributed by atoms with Crippen LogP contribution in [0.2, 0.25) is 0 Å². The SMILES string of the molecule is CNC(=O)c1c(-c2ccc(F)cc2)oc2cc(N(CCF)S(C)(=O)=O)c(-c3cccc(C(=O)N4CC[C@@H](F)C4)c3)cc12. The standard InChI is InChI=1S/C30H28F3N3O5S/c1-34-29(37)27-24-15-23(19-4-3-5-20(14-19)30(38)35-12-10-22(33)17-35)25(36(13-11-31)42(2,39)40)16-26(24)41-28(27)18-6-8-21(32)9-7-18/h3-9,14-16,22H,10-13,17H2,1-2H3,(H,34,37)/t22-/m1/s1. The van der Waals surface area contributed by atoms with Gasteiger partial charge in [-0.15, -0.1) is 0 Å². The van der Waals surface area contributed by atoms with Crippen LogP contribution in [-0.2, 0) is 10.0 Å². The van der Waals surface area contributed by atoms with Gasteiger partial charge in [-0.05, 0) is 54.4 Å². The van der Waals surface area contributed by atoms with E-state index in [0.29, 0.717) is 16.5 Å². The van der Waals surface area contributed by atoms with E-state index in [9.17, 15) is 31.2 Å². The van der Waals surface area contributed by atoms with Gasteiger partial charge in [-0.25, -0.2) is 21.6 Å². The fourth-order valence-corrected chi connectivity index (χ4v) is 6.08. The van der Waals surface area contributed by atoms with E-state index < -0.39 is 41.1 Å². The Morgan fingerprint density at radius 2 is 1.83 bits per heavy atom. The zero-order valence-electron chi connectivity index (χ0n) is 22.9. The maximum absolute atomic E-state index is 13.8. The molecule has 0 saturated carbocycles. The Balaban J connectivity index is 1.76. The summed E-state index contributed by atoms with van der Waals surface area (Å²) in [6.45, 7) is -1.22. The molecule has 1 fully saturated rings. The Morgan fingerprint density at radius 1 is 1.10 bits per heavy atom. The first-order valence-electron chi connectivity index (χ1n) is 13.2. The Morgan fingerprint density at radius 3 is 2.45 bits per heavy atom. The van der Waals surface area contributed by atoms with Crippen LogP contribution in [0.3, 0.4) is 0 Å². The van der Waals surface area contributed by atoms with Gasteiger partial charge in [-0.1, -0.05) is 12.1 Å². The Kier molecular flexibility index (Phi) is 8.00. The summed E-state index contributed by atoms with van der Waals surface area (Å²) in [6, 6.07) is 14.7. The highest BCUT2D eigenvalue weighted by molar-refractivity contribution is 7.92. The zero-order valence-corrected chi connectivity index (χ0v) is 23.7. The summed E-state index contributed by atoms with van der Waals surface area (Å²) in [5, 5.41) is 2.89. The average Bonchev–Trinajstić information content (AvgIpc) is 3.57. The molecule has 1 N–H and O–H groups in total. The van der Waals surface area contributed by atoms with Gasteiger partial charge in [0.15, 0.2) is 0 Å². The third-order valence-electron chi connectivity index (χ3n) is 7.16. The van der Waals surface area contributed by atoms with Crippen molar-refractivity contribution < 1.29 is 35.6 Å². The highest BCUT2D eigenvalue weighted by atomic mass is 32.2. The van der Waals surface area contributed by atoms with E-state index in [-0.39, 0.29) is 59.1 Å². The largest absolute Gasteiger partial charge is 0.455 e. The van der Waals surface area contributed by atoms with Gasteiger partial charge >= 0.3 is 0 Å². The van der Waals surface area contributed by atoms with E-state index in [1.807, 2.05) is 0 Å². The molecular weight excluding hydrogens is 571 g/mol. The number of benzene rings is 3. The van der Waals surface area contributed by atoms with E-state index >= 15 is 0 Å². The van der Waals surface area contributed by atoms with Crippen molar-refractivity contribution in [3.05, 3.63) is 77.6 Å². The van der Waals surface area contributed by atoms with E-state index in [4.69, 9.17) is 4.42 Å². The van der Waals surface area contributed by atoms with Gasteiger partial charge < -0.3 is 14.6 Å². The molecule has 12 heteroatoms. The highest BCUT2D eigenvalue weighted by Crippen LogP contribution is 2.42. The smallest absolute Gasteiger partial charge is 0.255 e. The van der Waals surface area contributed by atoms with Crippen LogP contribution >= 0.6 is 0 Å². The van der Waals surface area contributed by atoms with Crippen LogP contribution in [0.5, 0.6) is 0 Å². The lowest BCUT2D eigenvalue weighted by atomic mass is 9.97. The molecule has 2 heterocycles. The van der Waals surface area contributed by atoms with Crippen molar-refractivity contribution in [3.63, 3.8) is 0 Å². The number of amides is 2. The van der Waals surface area contributed by atoms with E-state index in [0.717, 1.165) is 10.6 Å². The Hall–Kier alpha value is -4.32. The normalized spacial score (nSPS) is 15.3. The van der Waals surface area contributed by atoms with Crippen LogP contribution in [0.1, 0.15) is 27.1 Å². The summed E-state index contributed by atoms with van der Waals surface area (Å²) in [5.74, 6) is -1.24. The molecule has 2 amide bonds. The number of nitrogens with zero attached hydrogens (tertiary/aromatic N) is 2. The molecule has 0 bridgehead atoms. The fraction of sp³-hybridized carbons (Fsp3) is 0.267. The number of fused-ring (bicyclic) bond motifs is 1. The first-order valence-corrected chi connectivity index (χ1v) is 15.0. The molecule has 42 heavy (non-hydrogen) atoms. The number of hydrogen-bond donors (Lipinski definition) is 1. The predicted octanol–water partition coefficient (Wildman–Crippen LogP) is 5.19. The summed E-state index contributed by atoms with van der Waals surface area (Å²) in [4.78, 5) is 27.7. The molecule has 1 saturated heterocycles. The maximum atomic E-state index is 13.8. The number of furan rings is 1. The minimum atomic E-state index is -3.99. The van der Waals surface area contributed by atoms with Crippen LogP contribution in [0.4, 0.5) is 18.9 Å². The third kappa shape index (κ3) is 5.58. The molecule has 5 rings (SSSR count). The minimum absolute atomic E-state index is 0.0186. The fourth-order valence-electron chi connectivity index (χ4n) is 5.17. The first-order chi connectivity index (χ1) is 20.0. The number of halogens is 3. The predicted molar refractivity (Wildman–Crippen MR) is 154 cm³/mol. The zero-order chi connectivity index (χ0) is 30.2.